The fourth-order valence-corrected chi connectivity index (χ4v) is 4.83. The number of piperazine rings is 1. The molecular formula is C29H35FN8O. The Morgan fingerprint density at radius 3 is 2.69 bits per heavy atom. The first-order valence-electron chi connectivity index (χ1n) is 13.4. The summed E-state index contributed by atoms with van der Waals surface area (Å²) in [6.45, 7) is 9.40. The monoisotopic (exact) mass is 530 g/mol. The number of halogens is 1. The van der Waals surface area contributed by atoms with E-state index in [1.54, 1.807) is 12.3 Å². The van der Waals surface area contributed by atoms with Crippen LogP contribution >= 0.6 is 0 Å². The number of benzene rings is 2. The first-order valence-corrected chi connectivity index (χ1v) is 13.4. The van der Waals surface area contributed by atoms with E-state index in [9.17, 15) is 9.18 Å². The van der Waals surface area contributed by atoms with Gasteiger partial charge in [0.2, 0.25) is 11.6 Å². The summed E-state index contributed by atoms with van der Waals surface area (Å²) in [7, 11) is 2.11. The van der Waals surface area contributed by atoms with Crippen LogP contribution in [0.2, 0.25) is 0 Å². The lowest BCUT2D eigenvalue weighted by Crippen LogP contribution is -2.43. The Kier molecular flexibility index (Phi) is 8.13. The minimum Gasteiger partial charge on any atom is -0.362 e. The van der Waals surface area contributed by atoms with E-state index in [0.717, 1.165) is 49.4 Å². The summed E-state index contributed by atoms with van der Waals surface area (Å²) in [6, 6.07) is 12.5. The number of rotatable bonds is 9. The molecule has 10 heteroatoms. The zero-order chi connectivity index (χ0) is 27.4. The normalized spacial score (nSPS) is 15.4. The first kappa shape index (κ1) is 26.7. The van der Waals surface area contributed by atoms with Gasteiger partial charge in [-0.1, -0.05) is 18.2 Å². The average Bonchev–Trinajstić information content (AvgIpc) is 3.32. The number of hydrogen-bond donors (Lipinski definition) is 2. The fraction of sp³-hybridized carbons (Fsp3) is 0.379. The third-order valence-electron chi connectivity index (χ3n) is 7.02. The predicted molar refractivity (Wildman–Crippen MR) is 151 cm³/mol. The molecule has 0 unspecified atom stereocenters. The van der Waals surface area contributed by atoms with Crippen LogP contribution in [0.3, 0.4) is 0 Å². The number of carbonyl (C=O) groups is 1. The van der Waals surface area contributed by atoms with Crippen molar-refractivity contribution >= 4 is 28.6 Å². The molecule has 0 spiro atoms. The molecule has 1 atom stereocenters. The van der Waals surface area contributed by atoms with E-state index in [4.69, 9.17) is 0 Å². The maximum atomic E-state index is 14.4. The number of nitrogens with zero attached hydrogens (tertiary/aromatic N) is 6. The maximum Gasteiger partial charge on any atom is 0.228 e. The Hall–Kier alpha value is -3.89. The zero-order valence-electron chi connectivity index (χ0n) is 22.7. The van der Waals surface area contributed by atoms with Gasteiger partial charge in [-0.25, -0.2) is 14.4 Å². The Balaban J connectivity index is 1.20. The van der Waals surface area contributed by atoms with E-state index in [1.165, 1.54) is 6.07 Å². The number of fused-ring (bicyclic) bond motifs is 1. The van der Waals surface area contributed by atoms with Gasteiger partial charge in [-0.2, -0.15) is 5.10 Å². The van der Waals surface area contributed by atoms with Crippen molar-refractivity contribution in [2.24, 2.45) is 0 Å². The first-order chi connectivity index (χ1) is 18.8. The van der Waals surface area contributed by atoms with Crippen molar-refractivity contribution in [1.82, 2.24) is 29.5 Å². The van der Waals surface area contributed by atoms with Gasteiger partial charge in [0.05, 0.1) is 24.9 Å². The van der Waals surface area contributed by atoms with Crippen molar-refractivity contribution < 1.29 is 9.18 Å². The van der Waals surface area contributed by atoms with Crippen LogP contribution in [-0.4, -0.2) is 68.7 Å². The van der Waals surface area contributed by atoms with Crippen molar-refractivity contribution in [1.29, 1.82) is 0 Å². The van der Waals surface area contributed by atoms with E-state index < -0.39 is 0 Å². The van der Waals surface area contributed by atoms with E-state index in [1.807, 2.05) is 55.1 Å². The Morgan fingerprint density at radius 2 is 1.90 bits per heavy atom. The molecular weight excluding hydrogens is 495 g/mol. The van der Waals surface area contributed by atoms with Gasteiger partial charge in [-0.15, -0.1) is 0 Å². The molecule has 1 aliphatic heterocycles. The van der Waals surface area contributed by atoms with Crippen LogP contribution in [0, 0.1) is 5.82 Å². The van der Waals surface area contributed by atoms with Crippen LogP contribution in [0.25, 0.3) is 11.2 Å². The Labute approximate surface area is 228 Å². The van der Waals surface area contributed by atoms with Crippen LogP contribution < -0.4 is 10.6 Å². The number of nitrogens with one attached hydrogen (secondary N) is 2. The fourth-order valence-electron chi connectivity index (χ4n) is 4.83. The summed E-state index contributed by atoms with van der Waals surface area (Å²) in [4.78, 5) is 26.5. The van der Waals surface area contributed by atoms with Gasteiger partial charge in [0, 0.05) is 45.0 Å². The van der Waals surface area contributed by atoms with E-state index in [2.05, 4.69) is 42.5 Å². The molecule has 2 aromatic carbocycles. The highest BCUT2D eigenvalue weighted by Crippen LogP contribution is 2.22. The molecule has 2 aromatic heterocycles. The molecule has 0 bridgehead atoms. The molecule has 5 rings (SSSR count). The SMILES string of the molecule is CCn1cc2ncc(N[C@@H](C)c3cccc(NC(=O)Cc4cc(F)cc(CN5CCN(C)CC5)c4)c3)nc2n1. The highest BCUT2D eigenvalue weighted by Gasteiger charge is 2.16. The highest BCUT2D eigenvalue weighted by molar-refractivity contribution is 5.92. The van der Waals surface area contributed by atoms with Crippen LogP contribution in [0.5, 0.6) is 0 Å². The molecule has 204 valence electrons. The summed E-state index contributed by atoms with van der Waals surface area (Å²) < 4.78 is 16.2. The topological polar surface area (TPSA) is 91.2 Å². The van der Waals surface area contributed by atoms with Crippen molar-refractivity contribution in [3.8, 4) is 0 Å². The second-order valence-electron chi connectivity index (χ2n) is 10.2. The van der Waals surface area contributed by atoms with Gasteiger partial charge >= 0.3 is 0 Å². The molecule has 1 aliphatic rings. The largest absolute Gasteiger partial charge is 0.362 e. The minimum absolute atomic E-state index is 0.0813. The molecule has 9 nitrogen and oxygen atoms in total. The molecule has 3 heterocycles. The summed E-state index contributed by atoms with van der Waals surface area (Å²) in [6.07, 6.45) is 3.68. The highest BCUT2D eigenvalue weighted by atomic mass is 19.1. The number of amides is 1. The van der Waals surface area contributed by atoms with E-state index in [-0.39, 0.29) is 24.2 Å². The number of carbonyl (C=O) groups excluding carboxylic acids is 1. The van der Waals surface area contributed by atoms with E-state index >= 15 is 0 Å². The smallest absolute Gasteiger partial charge is 0.228 e. The third kappa shape index (κ3) is 6.96. The number of hydrogen-bond acceptors (Lipinski definition) is 7. The average molecular weight is 531 g/mol. The number of likely N-dealkylation sites (N-methyl/N-ethyl adjacent to an activating group) is 1. The van der Waals surface area contributed by atoms with Crippen LogP contribution in [0.15, 0.2) is 54.9 Å². The van der Waals surface area contributed by atoms with Gasteiger partial charge in [0.15, 0.2) is 0 Å². The lowest BCUT2D eigenvalue weighted by atomic mass is 10.1. The number of anilines is 2. The van der Waals surface area contributed by atoms with Crippen molar-refractivity contribution in [3.05, 3.63) is 77.4 Å². The minimum atomic E-state index is -0.311. The van der Waals surface area contributed by atoms with Gasteiger partial charge in [-0.05, 0) is 61.9 Å². The maximum absolute atomic E-state index is 14.4. The van der Waals surface area contributed by atoms with Crippen LogP contribution in [-0.2, 0) is 24.3 Å². The molecule has 39 heavy (non-hydrogen) atoms. The van der Waals surface area contributed by atoms with Gasteiger partial charge in [0.25, 0.3) is 0 Å². The Bertz CT molecular complexity index is 1450. The van der Waals surface area contributed by atoms with Gasteiger partial charge in [0.1, 0.15) is 17.2 Å². The summed E-state index contributed by atoms with van der Waals surface area (Å²) in [5.41, 5.74) is 4.58. The second-order valence-corrected chi connectivity index (χ2v) is 10.2. The molecule has 1 saturated heterocycles. The van der Waals surface area contributed by atoms with Crippen LogP contribution in [0.4, 0.5) is 15.9 Å². The van der Waals surface area contributed by atoms with Crippen LogP contribution in [0.1, 0.15) is 36.6 Å². The molecule has 4 aromatic rings. The third-order valence-corrected chi connectivity index (χ3v) is 7.02. The molecule has 2 N–H and O–H groups in total. The zero-order valence-corrected chi connectivity index (χ0v) is 22.7. The molecule has 1 amide bonds. The Morgan fingerprint density at radius 1 is 1.10 bits per heavy atom. The van der Waals surface area contributed by atoms with Crippen molar-refractivity contribution in [2.45, 2.75) is 39.4 Å². The van der Waals surface area contributed by atoms with Crippen molar-refractivity contribution in [3.63, 3.8) is 0 Å². The molecule has 0 radical (unpaired) electrons. The standard InChI is InChI=1S/C29H35FN8O/c1-4-38-19-26-29(35-38)34-27(17-31-26)32-20(2)23-6-5-7-25(16-23)33-28(39)15-21-12-22(14-24(30)13-21)18-37-10-8-36(3)9-11-37/h5-7,12-14,16-17,19-20H,4,8-11,15,18H2,1-3H3,(H,33,39)(H,32,34,35)/t20-/m0/s1. The second kappa shape index (κ2) is 11.9. The van der Waals surface area contributed by atoms with Gasteiger partial charge in [-0.3, -0.25) is 14.4 Å². The molecule has 0 aliphatic carbocycles. The van der Waals surface area contributed by atoms with Gasteiger partial charge < -0.3 is 15.5 Å². The molecule has 0 saturated carbocycles. The quantitative estimate of drug-likeness (QED) is 0.337. The number of aryl methyl sites for hydroxylation is 1. The lowest BCUT2D eigenvalue weighted by Gasteiger charge is -2.32. The summed E-state index contributed by atoms with van der Waals surface area (Å²) in [5.74, 6) is 0.130. The summed E-state index contributed by atoms with van der Waals surface area (Å²) >= 11 is 0. The predicted octanol–water partition coefficient (Wildman–Crippen LogP) is 4.09. The lowest BCUT2D eigenvalue weighted by molar-refractivity contribution is -0.115. The summed E-state index contributed by atoms with van der Waals surface area (Å²) in [5, 5.41) is 10.7. The van der Waals surface area contributed by atoms with Crippen molar-refractivity contribution in [2.75, 3.05) is 43.9 Å². The van der Waals surface area contributed by atoms with E-state index in [0.29, 0.717) is 29.3 Å². The molecule has 1 fully saturated rings. The number of aromatic nitrogens is 4.